The molecule has 0 radical (unpaired) electrons. The van der Waals surface area contributed by atoms with E-state index in [9.17, 15) is 14.4 Å². The molecule has 6 nitrogen and oxygen atoms in total. The minimum Gasteiger partial charge on any atom is -0.468 e. The highest BCUT2D eigenvalue weighted by molar-refractivity contribution is 5.95. The van der Waals surface area contributed by atoms with Gasteiger partial charge in [-0.3, -0.25) is 14.4 Å². The molecule has 0 bridgehead atoms. The number of methoxy groups -OCH3 is 2. The van der Waals surface area contributed by atoms with E-state index in [1.807, 2.05) is 0 Å². The van der Waals surface area contributed by atoms with Crippen molar-refractivity contribution in [3.05, 3.63) is 12.2 Å². The molecule has 2 atom stereocenters. The first-order chi connectivity index (χ1) is 8.83. The van der Waals surface area contributed by atoms with Crippen LogP contribution in [-0.4, -0.2) is 38.2 Å². The number of carbonyl (C=O) groups excluding carboxylic acids is 3. The molecule has 0 rings (SSSR count). The average molecular weight is 272 g/mol. The molecule has 0 heterocycles. The van der Waals surface area contributed by atoms with Crippen LogP contribution in [0.25, 0.3) is 0 Å². The Hall–Kier alpha value is -1.85. The zero-order valence-electron chi connectivity index (χ0n) is 11.8. The molecular formula is C13H20O6. The lowest BCUT2D eigenvalue weighted by molar-refractivity contribution is -0.160. The van der Waals surface area contributed by atoms with E-state index >= 15 is 0 Å². The normalized spacial score (nSPS) is 14.0. The quantitative estimate of drug-likeness (QED) is 0.312. The fourth-order valence-corrected chi connectivity index (χ4v) is 1.52. The van der Waals surface area contributed by atoms with Gasteiger partial charge >= 0.3 is 17.9 Å². The minimum atomic E-state index is -1.03. The van der Waals surface area contributed by atoms with Crippen molar-refractivity contribution >= 4 is 17.9 Å². The van der Waals surface area contributed by atoms with Gasteiger partial charge < -0.3 is 14.2 Å². The zero-order chi connectivity index (χ0) is 15.0. The zero-order valence-corrected chi connectivity index (χ0v) is 11.8. The molecule has 0 saturated heterocycles. The van der Waals surface area contributed by atoms with E-state index in [-0.39, 0.29) is 0 Å². The van der Waals surface area contributed by atoms with Gasteiger partial charge in [-0.05, 0) is 18.9 Å². The van der Waals surface area contributed by atoms with Gasteiger partial charge in [-0.2, -0.15) is 0 Å². The lowest BCUT2D eigenvalue weighted by atomic mass is 9.93. The molecule has 108 valence electrons. The lowest BCUT2D eigenvalue weighted by Crippen LogP contribution is -2.31. The maximum absolute atomic E-state index is 11.5. The van der Waals surface area contributed by atoms with Crippen molar-refractivity contribution in [1.29, 1.82) is 0 Å². The van der Waals surface area contributed by atoms with Gasteiger partial charge in [-0.1, -0.05) is 13.0 Å². The maximum Gasteiger partial charge on any atom is 0.320 e. The maximum atomic E-state index is 11.5. The fourth-order valence-electron chi connectivity index (χ4n) is 1.52. The highest BCUT2D eigenvalue weighted by Gasteiger charge is 2.32. The van der Waals surface area contributed by atoms with E-state index in [0.717, 1.165) is 0 Å². The minimum absolute atomic E-state index is 0.401. The molecule has 0 aliphatic heterocycles. The van der Waals surface area contributed by atoms with Crippen LogP contribution in [0.2, 0.25) is 0 Å². The molecule has 0 saturated carbocycles. The molecule has 0 aromatic rings. The Morgan fingerprint density at radius 3 is 1.79 bits per heavy atom. The van der Waals surface area contributed by atoms with Crippen molar-refractivity contribution in [2.75, 3.05) is 14.2 Å². The summed E-state index contributed by atoms with van der Waals surface area (Å²) in [6.45, 7) is 4.66. The lowest BCUT2D eigenvalue weighted by Gasteiger charge is -2.17. The Balaban J connectivity index is 4.77. The predicted molar refractivity (Wildman–Crippen MR) is 67.1 cm³/mol. The Morgan fingerprint density at radius 1 is 0.947 bits per heavy atom. The number of hydrogen-bond acceptors (Lipinski definition) is 6. The highest BCUT2D eigenvalue weighted by atomic mass is 16.5. The topological polar surface area (TPSA) is 78.9 Å². The third-order valence-electron chi connectivity index (χ3n) is 2.47. The molecule has 0 unspecified atom stereocenters. The van der Waals surface area contributed by atoms with Crippen molar-refractivity contribution in [2.24, 2.45) is 11.8 Å². The first kappa shape index (κ1) is 17.2. The molecule has 0 N–H and O–H groups in total. The summed E-state index contributed by atoms with van der Waals surface area (Å²) in [4.78, 5) is 33.8. The smallest absolute Gasteiger partial charge is 0.320 e. The Labute approximate surface area is 112 Å². The molecule has 0 aliphatic rings. The summed E-state index contributed by atoms with van der Waals surface area (Å²) in [5, 5.41) is 0. The second kappa shape index (κ2) is 8.29. The van der Waals surface area contributed by atoms with E-state index in [0.29, 0.717) is 0 Å². The SMILES string of the molecule is COC(=O)C(C(=O)OC)[C@H](C)/C=C/[C@H](C)OC(C)=O. The number of ether oxygens (including phenoxy) is 3. The first-order valence-electron chi connectivity index (χ1n) is 5.84. The van der Waals surface area contributed by atoms with Gasteiger partial charge in [0.2, 0.25) is 0 Å². The number of hydrogen-bond donors (Lipinski definition) is 0. The van der Waals surface area contributed by atoms with Crippen molar-refractivity contribution in [3.8, 4) is 0 Å². The van der Waals surface area contributed by atoms with Gasteiger partial charge in [0.15, 0.2) is 5.92 Å². The number of esters is 3. The molecule has 0 amide bonds. The third-order valence-corrected chi connectivity index (χ3v) is 2.47. The van der Waals surface area contributed by atoms with Crippen molar-refractivity contribution in [2.45, 2.75) is 26.9 Å². The highest BCUT2D eigenvalue weighted by Crippen LogP contribution is 2.17. The van der Waals surface area contributed by atoms with Crippen molar-refractivity contribution < 1.29 is 28.6 Å². The standard InChI is InChI=1S/C13H20O6/c1-8(6-7-9(2)19-10(3)14)11(12(15)17-4)13(16)18-5/h6-9,11H,1-5H3/b7-6+/t8-,9+/m1/s1. The van der Waals surface area contributed by atoms with Crippen LogP contribution in [0.15, 0.2) is 12.2 Å². The Bertz CT molecular complexity index is 344. The van der Waals surface area contributed by atoms with E-state index in [1.165, 1.54) is 21.1 Å². The molecule has 0 spiro atoms. The van der Waals surface area contributed by atoms with Crippen LogP contribution in [0.1, 0.15) is 20.8 Å². The summed E-state index contributed by atoms with van der Waals surface area (Å²) in [5.41, 5.74) is 0. The summed E-state index contributed by atoms with van der Waals surface area (Å²) in [6, 6.07) is 0. The average Bonchev–Trinajstić information content (AvgIpc) is 2.35. The molecule has 0 aromatic heterocycles. The van der Waals surface area contributed by atoms with Gasteiger partial charge in [0.25, 0.3) is 0 Å². The monoisotopic (exact) mass is 272 g/mol. The molecule has 0 aliphatic carbocycles. The van der Waals surface area contributed by atoms with Crippen LogP contribution in [0.5, 0.6) is 0 Å². The number of carbonyl (C=O) groups is 3. The summed E-state index contributed by atoms with van der Waals surface area (Å²) in [6.07, 6.45) is 2.78. The molecule has 6 heteroatoms. The van der Waals surface area contributed by atoms with Crippen LogP contribution >= 0.6 is 0 Å². The second-order valence-corrected chi connectivity index (χ2v) is 4.08. The van der Waals surface area contributed by atoms with Crippen LogP contribution < -0.4 is 0 Å². The molecule has 0 fully saturated rings. The largest absolute Gasteiger partial charge is 0.468 e. The van der Waals surface area contributed by atoms with E-state index in [1.54, 1.807) is 26.0 Å². The van der Waals surface area contributed by atoms with E-state index in [4.69, 9.17) is 4.74 Å². The van der Waals surface area contributed by atoms with Crippen LogP contribution in [0.3, 0.4) is 0 Å². The van der Waals surface area contributed by atoms with Crippen LogP contribution in [0, 0.1) is 11.8 Å². The fraction of sp³-hybridized carbons (Fsp3) is 0.615. The van der Waals surface area contributed by atoms with E-state index < -0.39 is 35.8 Å². The van der Waals surface area contributed by atoms with Gasteiger partial charge in [0, 0.05) is 6.92 Å². The van der Waals surface area contributed by atoms with Crippen molar-refractivity contribution in [3.63, 3.8) is 0 Å². The van der Waals surface area contributed by atoms with Gasteiger partial charge in [-0.25, -0.2) is 0 Å². The summed E-state index contributed by atoms with van der Waals surface area (Å²) in [5.74, 6) is -3.19. The molecular weight excluding hydrogens is 252 g/mol. The second-order valence-electron chi connectivity index (χ2n) is 4.08. The van der Waals surface area contributed by atoms with E-state index in [2.05, 4.69) is 9.47 Å². The Morgan fingerprint density at radius 2 is 1.42 bits per heavy atom. The summed E-state index contributed by atoms with van der Waals surface area (Å²) in [7, 11) is 2.41. The summed E-state index contributed by atoms with van der Waals surface area (Å²) >= 11 is 0. The molecule has 0 aromatic carbocycles. The van der Waals surface area contributed by atoms with Gasteiger partial charge in [0.05, 0.1) is 14.2 Å². The van der Waals surface area contributed by atoms with Crippen molar-refractivity contribution in [1.82, 2.24) is 0 Å². The van der Waals surface area contributed by atoms with Crippen LogP contribution in [-0.2, 0) is 28.6 Å². The van der Waals surface area contributed by atoms with Gasteiger partial charge in [-0.15, -0.1) is 0 Å². The summed E-state index contributed by atoms with van der Waals surface area (Å²) < 4.78 is 14.0. The predicted octanol–water partition coefficient (Wildman–Crippen LogP) is 1.09. The Kier molecular flexibility index (Phi) is 7.48. The van der Waals surface area contributed by atoms with Crippen LogP contribution in [0.4, 0.5) is 0 Å². The molecule has 19 heavy (non-hydrogen) atoms. The number of rotatable bonds is 6. The first-order valence-corrected chi connectivity index (χ1v) is 5.84. The number of allylic oxidation sites excluding steroid dienone is 1. The van der Waals surface area contributed by atoms with Gasteiger partial charge in [0.1, 0.15) is 6.10 Å². The third kappa shape index (κ3) is 6.03.